The van der Waals surface area contributed by atoms with Crippen LogP contribution in [-0.4, -0.2) is 10.8 Å². The summed E-state index contributed by atoms with van der Waals surface area (Å²) >= 11 is 0. The zero-order valence-electron chi connectivity index (χ0n) is 10.3. The Morgan fingerprint density at radius 3 is 2.45 bits per heavy atom. The van der Waals surface area contributed by atoms with Crippen LogP contribution in [0.3, 0.4) is 0 Å². The van der Waals surface area contributed by atoms with Gasteiger partial charge in [-0.2, -0.15) is 13.2 Å². The fraction of sp³-hybridized carbons (Fsp3) is 0.143. The van der Waals surface area contributed by atoms with Crippen LogP contribution in [0, 0.1) is 12.7 Å². The molecule has 1 aromatic carbocycles. The predicted molar refractivity (Wildman–Crippen MR) is 63.8 cm³/mol. The summed E-state index contributed by atoms with van der Waals surface area (Å²) in [6.45, 7) is 1.36. The van der Waals surface area contributed by atoms with E-state index in [0.717, 1.165) is 24.3 Å². The van der Waals surface area contributed by atoms with Gasteiger partial charge in [0.15, 0.2) is 5.82 Å². The van der Waals surface area contributed by atoms with E-state index in [1.54, 1.807) is 0 Å². The number of carbonyl (C=O) groups is 1. The molecule has 2 aromatic rings. The van der Waals surface area contributed by atoms with E-state index in [9.17, 15) is 22.4 Å². The highest BCUT2D eigenvalue weighted by Crippen LogP contribution is 2.30. The Hall–Kier alpha value is -2.24. The zero-order chi connectivity index (χ0) is 14.9. The highest BCUT2D eigenvalue weighted by Gasteiger charge is 2.31. The summed E-state index contributed by atoms with van der Waals surface area (Å²) in [5.74, 6) is -1.55. The summed E-state index contributed by atoms with van der Waals surface area (Å²) in [5, 5.41) is 0. The van der Waals surface area contributed by atoms with E-state index in [-0.39, 0.29) is 11.1 Å². The molecule has 0 spiro atoms. The van der Waals surface area contributed by atoms with Crippen LogP contribution in [0.25, 0.3) is 0 Å². The molecule has 6 heteroatoms. The van der Waals surface area contributed by atoms with Gasteiger partial charge in [0.2, 0.25) is 5.78 Å². The molecule has 0 aliphatic heterocycles. The Bertz CT molecular complexity index is 664. The van der Waals surface area contributed by atoms with Crippen molar-refractivity contribution >= 4 is 5.78 Å². The van der Waals surface area contributed by atoms with E-state index in [1.807, 2.05) is 0 Å². The minimum Gasteiger partial charge on any atom is -0.287 e. The molecule has 0 atom stereocenters. The molecule has 0 amide bonds. The fourth-order valence-corrected chi connectivity index (χ4v) is 1.78. The first-order chi connectivity index (χ1) is 9.30. The number of aromatic nitrogens is 1. The van der Waals surface area contributed by atoms with Crippen molar-refractivity contribution in [1.29, 1.82) is 0 Å². The van der Waals surface area contributed by atoms with E-state index in [0.29, 0.717) is 0 Å². The zero-order valence-corrected chi connectivity index (χ0v) is 10.3. The molecule has 0 saturated heterocycles. The molecule has 0 aliphatic rings. The van der Waals surface area contributed by atoms with Crippen molar-refractivity contribution in [2.45, 2.75) is 13.1 Å². The second kappa shape index (κ2) is 5.03. The first-order valence-corrected chi connectivity index (χ1v) is 5.64. The Kier molecular flexibility index (Phi) is 3.57. The van der Waals surface area contributed by atoms with Gasteiger partial charge in [0.25, 0.3) is 0 Å². The summed E-state index contributed by atoms with van der Waals surface area (Å²) < 4.78 is 51.1. The van der Waals surface area contributed by atoms with E-state index in [2.05, 4.69) is 4.98 Å². The van der Waals surface area contributed by atoms with Crippen molar-refractivity contribution in [1.82, 2.24) is 4.98 Å². The van der Waals surface area contributed by atoms with Crippen LogP contribution in [-0.2, 0) is 6.18 Å². The number of benzene rings is 1. The van der Waals surface area contributed by atoms with Gasteiger partial charge < -0.3 is 0 Å². The number of carbonyl (C=O) groups excluding carboxylic acids is 1. The van der Waals surface area contributed by atoms with Gasteiger partial charge in [-0.3, -0.25) is 4.79 Å². The molecule has 0 aliphatic carbocycles. The maximum Gasteiger partial charge on any atom is 0.416 e. The van der Waals surface area contributed by atoms with Gasteiger partial charge >= 0.3 is 6.18 Å². The molecule has 0 radical (unpaired) electrons. The summed E-state index contributed by atoms with van der Waals surface area (Å²) in [5.41, 5.74) is -1.14. The first kappa shape index (κ1) is 14.2. The van der Waals surface area contributed by atoms with Gasteiger partial charge in [-0.15, -0.1) is 0 Å². The van der Waals surface area contributed by atoms with Crippen molar-refractivity contribution < 1.29 is 22.4 Å². The molecule has 0 saturated carbocycles. The number of pyridine rings is 1. The van der Waals surface area contributed by atoms with Gasteiger partial charge in [-0.25, -0.2) is 9.37 Å². The second-order valence-corrected chi connectivity index (χ2v) is 4.19. The topological polar surface area (TPSA) is 30.0 Å². The third-order valence-electron chi connectivity index (χ3n) is 2.77. The number of nitrogens with zero attached hydrogens (tertiary/aromatic N) is 1. The number of aryl methyl sites for hydroxylation is 1. The molecule has 0 unspecified atom stereocenters. The lowest BCUT2D eigenvalue weighted by Crippen LogP contribution is -2.11. The van der Waals surface area contributed by atoms with Gasteiger partial charge in [0, 0.05) is 11.8 Å². The second-order valence-electron chi connectivity index (χ2n) is 4.19. The van der Waals surface area contributed by atoms with Crippen LogP contribution >= 0.6 is 0 Å². The van der Waals surface area contributed by atoms with Crippen LogP contribution < -0.4 is 0 Å². The summed E-state index contributed by atoms with van der Waals surface area (Å²) in [6.07, 6.45) is -3.24. The molecular weight excluding hydrogens is 274 g/mol. The monoisotopic (exact) mass is 283 g/mol. The molecular formula is C14H9F4NO. The minimum atomic E-state index is -4.48. The smallest absolute Gasteiger partial charge is 0.287 e. The van der Waals surface area contributed by atoms with Crippen LogP contribution in [0.2, 0.25) is 0 Å². The lowest BCUT2D eigenvalue weighted by molar-refractivity contribution is -0.137. The number of halogens is 4. The summed E-state index contributed by atoms with van der Waals surface area (Å²) in [4.78, 5) is 15.7. The standard InChI is InChI=1S/C14H9F4NO/c1-8-7-9(14(16,17)18)4-5-10(8)13(20)12-11(15)3-2-6-19-12/h2-7H,1H3. The quantitative estimate of drug-likeness (QED) is 0.620. The van der Waals surface area contributed by atoms with E-state index < -0.39 is 29.0 Å². The van der Waals surface area contributed by atoms with Crippen molar-refractivity contribution in [3.05, 3.63) is 64.7 Å². The number of ketones is 1. The molecule has 1 aromatic heterocycles. The van der Waals surface area contributed by atoms with Crippen molar-refractivity contribution in [3.8, 4) is 0 Å². The molecule has 0 N–H and O–H groups in total. The molecule has 2 nitrogen and oxygen atoms in total. The molecule has 20 heavy (non-hydrogen) atoms. The molecule has 0 fully saturated rings. The Morgan fingerprint density at radius 2 is 1.90 bits per heavy atom. The van der Waals surface area contributed by atoms with Crippen molar-refractivity contribution in [2.75, 3.05) is 0 Å². The molecule has 0 bridgehead atoms. The molecule has 2 rings (SSSR count). The van der Waals surface area contributed by atoms with Crippen LogP contribution in [0.1, 0.15) is 27.2 Å². The maximum absolute atomic E-state index is 13.5. The summed E-state index contributed by atoms with van der Waals surface area (Å²) in [6, 6.07) is 5.08. The van der Waals surface area contributed by atoms with Crippen LogP contribution in [0.5, 0.6) is 0 Å². The lowest BCUT2D eigenvalue weighted by Gasteiger charge is -2.10. The Morgan fingerprint density at radius 1 is 1.20 bits per heavy atom. The van der Waals surface area contributed by atoms with E-state index >= 15 is 0 Å². The average molecular weight is 283 g/mol. The first-order valence-electron chi connectivity index (χ1n) is 5.64. The maximum atomic E-state index is 13.5. The minimum absolute atomic E-state index is 0.00407. The number of alkyl halides is 3. The number of hydrogen-bond acceptors (Lipinski definition) is 2. The van der Waals surface area contributed by atoms with E-state index in [4.69, 9.17) is 0 Å². The molecule has 1 heterocycles. The average Bonchev–Trinajstić information content (AvgIpc) is 2.37. The third kappa shape index (κ3) is 2.68. The fourth-order valence-electron chi connectivity index (χ4n) is 1.78. The lowest BCUT2D eigenvalue weighted by atomic mass is 9.99. The Labute approximate surface area is 112 Å². The van der Waals surface area contributed by atoms with Gasteiger partial charge in [0.05, 0.1) is 5.56 Å². The van der Waals surface area contributed by atoms with Gasteiger partial charge in [0.1, 0.15) is 5.69 Å². The third-order valence-corrected chi connectivity index (χ3v) is 2.77. The van der Waals surface area contributed by atoms with Gasteiger partial charge in [-0.05, 0) is 36.8 Å². The Balaban J connectivity index is 2.45. The number of hydrogen-bond donors (Lipinski definition) is 0. The summed E-state index contributed by atoms with van der Waals surface area (Å²) in [7, 11) is 0. The number of rotatable bonds is 2. The highest BCUT2D eigenvalue weighted by atomic mass is 19.4. The normalized spacial score (nSPS) is 11.4. The highest BCUT2D eigenvalue weighted by molar-refractivity contribution is 6.08. The van der Waals surface area contributed by atoms with Crippen LogP contribution in [0.15, 0.2) is 36.5 Å². The SMILES string of the molecule is Cc1cc(C(F)(F)F)ccc1C(=O)c1ncccc1F. The van der Waals surface area contributed by atoms with Crippen molar-refractivity contribution in [3.63, 3.8) is 0 Å². The van der Waals surface area contributed by atoms with E-state index in [1.165, 1.54) is 19.2 Å². The molecule has 104 valence electrons. The van der Waals surface area contributed by atoms with Crippen LogP contribution in [0.4, 0.5) is 17.6 Å². The predicted octanol–water partition coefficient (Wildman–Crippen LogP) is 3.78. The van der Waals surface area contributed by atoms with Crippen molar-refractivity contribution in [2.24, 2.45) is 0 Å². The van der Waals surface area contributed by atoms with Gasteiger partial charge in [-0.1, -0.05) is 6.07 Å². The largest absolute Gasteiger partial charge is 0.416 e.